The average molecular weight is 403 g/mol. The number of carbonyl (C=O) groups is 1. The number of alkyl halides is 5. The van der Waals surface area contributed by atoms with Gasteiger partial charge in [0.25, 0.3) is 12.3 Å². The van der Waals surface area contributed by atoms with Gasteiger partial charge in [0.15, 0.2) is 5.69 Å². The summed E-state index contributed by atoms with van der Waals surface area (Å²) in [7, 11) is 0. The first-order valence-electron chi connectivity index (χ1n) is 8.47. The number of ether oxygens (including phenoxy) is 1. The number of rotatable bonds is 5. The summed E-state index contributed by atoms with van der Waals surface area (Å²) in [6.45, 7) is 3.48. The number of amides is 1. The summed E-state index contributed by atoms with van der Waals surface area (Å²) >= 11 is 0. The molecule has 0 unspecified atom stereocenters. The van der Waals surface area contributed by atoms with E-state index in [1.807, 2.05) is 0 Å². The maximum atomic E-state index is 13.7. The van der Waals surface area contributed by atoms with E-state index in [9.17, 15) is 32.0 Å². The van der Waals surface area contributed by atoms with Gasteiger partial charge < -0.3 is 10.5 Å². The summed E-state index contributed by atoms with van der Waals surface area (Å²) in [4.78, 5) is 15.0. The fourth-order valence-electron chi connectivity index (χ4n) is 3.13. The molecule has 0 radical (unpaired) electrons. The lowest BCUT2D eigenvalue weighted by Gasteiger charge is -2.22. The molecule has 1 saturated heterocycles. The van der Waals surface area contributed by atoms with Crippen molar-refractivity contribution in [1.29, 1.82) is 5.26 Å². The number of nitrogens with two attached hydrogens (primary N) is 1. The minimum atomic E-state index is -5.14. The Balaban J connectivity index is 3.05. The first-order valence-corrected chi connectivity index (χ1v) is 8.47. The molecule has 0 saturated carbocycles. The highest BCUT2D eigenvalue weighted by atomic mass is 19.4. The van der Waals surface area contributed by atoms with Gasteiger partial charge in [-0.15, -0.1) is 0 Å². The molecule has 1 aliphatic rings. The molecule has 1 aliphatic heterocycles. The molecule has 0 spiro atoms. The zero-order valence-corrected chi connectivity index (χ0v) is 15.2. The van der Waals surface area contributed by atoms with Crippen molar-refractivity contribution in [2.45, 2.75) is 45.7 Å². The molecule has 1 fully saturated rings. The van der Waals surface area contributed by atoms with Crippen molar-refractivity contribution in [2.75, 3.05) is 6.61 Å². The number of hydrogen-bond acceptors (Lipinski definition) is 4. The van der Waals surface area contributed by atoms with E-state index in [1.54, 1.807) is 19.9 Å². The van der Waals surface area contributed by atoms with Gasteiger partial charge in [0.05, 0.1) is 17.7 Å². The minimum absolute atomic E-state index is 0.0139. The average Bonchev–Trinajstić information content (AvgIpc) is 3.08. The maximum absolute atomic E-state index is 13.7. The standard InChI is InChI=1S/C18H18F5N3O2/c1-8(2)6-9-12(10(7-24)11-4-3-5-28-11)15(18(21,22)23)26-14(16(19)20)13(9)17(25)27/h8,16H,3-6H2,1-2H3,(H2,25,27). The van der Waals surface area contributed by atoms with Gasteiger partial charge in [0.2, 0.25) is 0 Å². The lowest BCUT2D eigenvalue weighted by molar-refractivity contribution is -0.141. The molecule has 1 amide bonds. The summed E-state index contributed by atoms with van der Waals surface area (Å²) in [5, 5.41) is 9.55. The lowest BCUT2D eigenvalue weighted by atomic mass is 9.87. The van der Waals surface area contributed by atoms with Crippen LogP contribution in [-0.2, 0) is 17.3 Å². The van der Waals surface area contributed by atoms with E-state index in [0.717, 1.165) is 0 Å². The van der Waals surface area contributed by atoms with Gasteiger partial charge in [0.1, 0.15) is 17.5 Å². The molecule has 2 rings (SSSR count). The van der Waals surface area contributed by atoms with Crippen molar-refractivity contribution in [1.82, 2.24) is 4.98 Å². The molecule has 5 nitrogen and oxygen atoms in total. The van der Waals surface area contributed by atoms with Crippen LogP contribution in [0.1, 0.15) is 66.0 Å². The molecule has 2 N–H and O–H groups in total. The third-order valence-electron chi connectivity index (χ3n) is 4.13. The van der Waals surface area contributed by atoms with Crippen LogP contribution in [0.4, 0.5) is 22.0 Å². The highest BCUT2D eigenvalue weighted by Gasteiger charge is 2.42. The Kier molecular flexibility index (Phi) is 6.27. The third kappa shape index (κ3) is 4.24. The van der Waals surface area contributed by atoms with Crippen molar-refractivity contribution in [3.63, 3.8) is 0 Å². The maximum Gasteiger partial charge on any atom is 0.434 e. The topological polar surface area (TPSA) is 89.0 Å². The van der Waals surface area contributed by atoms with E-state index < -0.39 is 46.6 Å². The fraction of sp³-hybridized carbons (Fsp3) is 0.500. The Morgan fingerprint density at radius 1 is 1.32 bits per heavy atom. The van der Waals surface area contributed by atoms with E-state index in [-0.39, 0.29) is 36.7 Å². The lowest BCUT2D eigenvalue weighted by Crippen LogP contribution is -2.25. The Morgan fingerprint density at radius 3 is 2.36 bits per heavy atom. The zero-order chi connectivity index (χ0) is 21.2. The second-order valence-electron chi connectivity index (χ2n) is 6.70. The predicted molar refractivity (Wildman–Crippen MR) is 89.0 cm³/mol. The van der Waals surface area contributed by atoms with Gasteiger partial charge >= 0.3 is 6.18 Å². The van der Waals surface area contributed by atoms with E-state index in [1.165, 1.54) is 0 Å². The monoisotopic (exact) mass is 403 g/mol. The van der Waals surface area contributed by atoms with Crippen LogP contribution in [0.5, 0.6) is 0 Å². The zero-order valence-electron chi connectivity index (χ0n) is 15.2. The van der Waals surface area contributed by atoms with Crippen LogP contribution in [0.2, 0.25) is 0 Å². The predicted octanol–water partition coefficient (Wildman–Crippen LogP) is 4.38. The first kappa shape index (κ1) is 21.6. The Bertz CT molecular complexity index is 846. The quantitative estimate of drug-likeness (QED) is 0.584. The van der Waals surface area contributed by atoms with Crippen LogP contribution in [0.15, 0.2) is 5.76 Å². The van der Waals surface area contributed by atoms with Gasteiger partial charge in [-0.2, -0.15) is 18.4 Å². The van der Waals surface area contributed by atoms with E-state index >= 15 is 0 Å². The number of pyridine rings is 1. The van der Waals surface area contributed by atoms with Crippen molar-refractivity contribution in [3.05, 3.63) is 33.8 Å². The number of allylic oxidation sites excluding steroid dienone is 2. The largest absolute Gasteiger partial charge is 0.497 e. The van der Waals surface area contributed by atoms with E-state index in [2.05, 4.69) is 4.98 Å². The molecule has 10 heteroatoms. The number of hydrogen-bond donors (Lipinski definition) is 1. The molecule has 1 aromatic rings. The van der Waals surface area contributed by atoms with E-state index in [0.29, 0.717) is 6.42 Å². The van der Waals surface area contributed by atoms with Crippen molar-refractivity contribution in [2.24, 2.45) is 11.7 Å². The molecule has 2 heterocycles. The van der Waals surface area contributed by atoms with Crippen LogP contribution in [0.25, 0.3) is 5.57 Å². The smallest absolute Gasteiger partial charge is 0.434 e. The molecule has 152 valence electrons. The van der Waals surface area contributed by atoms with Crippen molar-refractivity contribution >= 4 is 11.5 Å². The van der Waals surface area contributed by atoms with Gasteiger partial charge in [-0.05, 0) is 24.3 Å². The summed E-state index contributed by atoms with van der Waals surface area (Å²) < 4.78 is 73.4. The second kappa shape index (κ2) is 8.12. The molecule has 0 atom stereocenters. The minimum Gasteiger partial charge on any atom is -0.497 e. The van der Waals surface area contributed by atoms with Gasteiger partial charge in [0, 0.05) is 12.0 Å². The molecular formula is C18H18F5N3O2. The number of halogens is 5. The summed E-state index contributed by atoms with van der Waals surface area (Å²) in [5.41, 5.74) is -0.0730. The van der Waals surface area contributed by atoms with E-state index in [4.69, 9.17) is 10.5 Å². The number of nitrogens with zero attached hydrogens (tertiary/aromatic N) is 2. The fourth-order valence-corrected chi connectivity index (χ4v) is 3.13. The SMILES string of the molecule is CC(C)Cc1c(C(N)=O)c(C(F)F)nc(C(F)(F)F)c1C(C#N)=C1CCCO1. The Morgan fingerprint density at radius 2 is 1.96 bits per heavy atom. The highest BCUT2D eigenvalue weighted by Crippen LogP contribution is 2.42. The van der Waals surface area contributed by atoms with Crippen LogP contribution in [0.3, 0.4) is 0 Å². The second-order valence-corrected chi connectivity index (χ2v) is 6.70. The summed E-state index contributed by atoms with van der Waals surface area (Å²) in [6, 6.07) is 1.68. The van der Waals surface area contributed by atoms with Crippen molar-refractivity contribution in [3.8, 4) is 6.07 Å². The normalized spacial score (nSPS) is 16.3. The molecule has 1 aromatic heterocycles. The van der Waals surface area contributed by atoms with Gasteiger partial charge in [-0.3, -0.25) is 4.79 Å². The van der Waals surface area contributed by atoms with Crippen molar-refractivity contribution < 1.29 is 31.5 Å². The van der Waals surface area contributed by atoms with Crippen LogP contribution in [-0.4, -0.2) is 17.5 Å². The van der Waals surface area contributed by atoms with Gasteiger partial charge in [-0.25, -0.2) is 13.8 Å². The molecular weight excluding hydrogens is 385 g/mol. The number of aromatic nitrogens is 1. The Hall–Kier alpha value is -2.70. The van der Waals surface area contributed by atoms with Crippen LogP contribution in [0, 0.1) is 17.2 Å². The first-order chi connectivity index (χ1) is 13.0. The number of nitriles is 1. The van der Waals surface area contributed by atoms with Gasteiger partial charge in [-0.1, -0.05) is 13.8 Å². The number of primary amides is 1. The summed E-state index contributed by atoms with van der Waals surface area (Å²) in [6.07, 6.45) is -8.07. The Labute approximate surface area is 158 Å². The molecule has 0 aromatic carbocycles. The molecule has 0 bridgehead atoms. The highest BCUT2D eigenvalue weighted by molar-refractivity contribution is 5.98. The molecule has 28 heavy (non-hydrogen) atoms. The number of carbonyl (C=O) groups excluding carboxylic acids is 1. The third-order valence-corrected chi connectivity index (χ3v) is 4.13. The van der Waals surface area contributed by atoms with Crippen LogP contribution >= 0.6 is 0 Å². The summed E-state index contributed by atoms with van der Waals surface area (Å²) in [5.74, 6) is -1.64. The molecule has 0 aliphatic carbocycles. The van der Waals surface area contributed by atoms with Crippen LogP contribution < -0.4 is 5.73 Å².